The monoisotopic (exact) mass is 212 g/mol. The lowest BCUT2D eigenvalue weighted by Crippen LogP contribution is -2.43. The Hall–Kier alpha value is -0.610. The zero-order chi connectivity index (χ0) is 10.8. The van der Waals surface area contributed by atoms with Gasteiger partial charge >= 0.3 is 0 Å². The molecular formula is C11H20N2O2. The zero-order valence-corrected chi connectivity index (χ0v) is 9.61. The van der Waals surface area contributed by atoms with Gasteiger partial charge in [-0.3, -0.25) is 9.69 Å². The Kier molecular flexibility index (Phi) is 3.26. The van der Waals surface area contributed by atoms with E-state index in [0.717, 1.165) is 39.1 Å². The highest BCUT2D eigenvalue weighted by molar-refractivity contribution is 5.78. The number of ether oxygens (including phenoxy) is 1. The maximum Gasteiger partial charge on any atom is 0.226 e. The van der Waals surface area contributed by atoms with Crippen molar-refractivity contribution >= 4 is 5.91 Å². The fourth-order valence-corrected chi connectivity index (χ4v) is 2.25. The van der Waals surface area contributed by atoms with Gasteiger partial charge in [-0.25, -0.2) is 0 Å². The lowest BCUT2D eigenvalue weighted by molar-refractivity contribution is -0.134. The predicted molar refractivity (Wildman–Crippen MR) is 57.6 cm³/mol. The molecule has 2 heterocycles. The Morgan fingerprint density at radius 2 is 2.27 bits per heavy atom. The molecule has 2 saturated heterocycles. The van der Waals surface area contributed by atoms with Crippen molar-refractivity contribution in [3.63, 3.8) is 0 Å². The van der Waals surface area contributed by atoms with E-state index in [4.69, 9.17) is 4.74 Å². The molecule has 86 valence electrons. The molecule has 2 aliphatic rings. The molecule has 0 aliphatic carbocycles. The largest absolute Gasteiger partial charge is 0.372 e. The fraction of sp³-hybridized carbons (Fsp3) is 0.909. The number of carbonyl (C=O) groups is 1. The summed E-state index contributed by atoms with van der Waals surface area (Å²) in [6.45, 7) is 3.95. The molecule has 15 heavy (non-hydrogen) atoms. The second kappa shape index (κ2) is 4.49. The smallest absolute Gasteiger partial charge is 0.226 e. The van der Waals surface area contributed by atoms with Gasteiger partial charge in [-0.05, 0) is 19.4 Å². The molecule has 0 aromatic heterocycles. The van der Waals surface area contributed by atoms with Crippen molar-refractivity contribution in [2.45, 2.75) is 18.9 Å². The number of rotatable bonds is 3. The summed E-state index contributed by atoms with van der Waals surface area (Å²) in [6.07, 6.45) is 2.62. The van der Waals surface area contributed by atoms with Gasteiger partial charge in [0.25, 0.3) is 0 Å². The molecule has 2 unspecified atom stereocenters. The number of epoxide rings is 1. The molecule has 2 aliphatic heterocycles. The van der Waals surface area contributed by atoms with E-state index in [1.807, 2.05) is 14.1 Å². The van der Waals surface area contributed by atoms with Gasteiger partial charge in [0.2, 0.25) is 5.91 Å². The van der Waals surface area contributed by atoms with Crippen molar-refractivity contribution in [2.24, 2.45) is 5.92 Å². The highest BCUT2D eigenvalue weighted by Crippen LogP contribution is 2.20. The van der Waals surface area contributed by atoms with Crippen molar-refractivity contribution < 1.29 is 9.53 Å². The van der Waals surface area contributed by atoms with E-state index in [9.17, 15) is 4.79 Å². The molecule has 0 N–H and O–H groups in total. The third-order valence-corrected chi connectivity index (χ3v) is 3.16. The van der Waals surface area contributed by atoms with Crippen LogP contribution in [0.15, 0.2) is 0 Å². The Bertz CT molecular complexity index is 239. The van der Waals surface area contributed by atoms with Crippen molar-refractivity contribution in [1.29, 1.82) is 0 Å². The fourth-order valence-electron chi connectivity index (χ4n) is 2.25. The maximum atomic E-state index is 11.8. The van der Waals surface area contributed by atoms with Crippen molar-refractivity contribution in [1.82, 2.24) is 9.80 Å². The van der Waals surface area contributed by atoms with Crippen LogP contribution in [0.1, 0.15) is 12.8 Å². The first kappa shape index (κ1) is 10.9. The van der Waals surface area contributed by atoms with Gasteiger partial charge in [0.05, 0.1) is 18.6 Å². The number of carbonyl (C=O) groups excluding carboxylic acids is 1. The van der Waals surface area contributed by atoms with Crippen molar-refractivity contribution in [2.75, 3.05) is 40.3 Å². The molecular weight excluding hydrogens is 192 g/mol. The van der Waals surface area contributed by atoms with E-state index in [1.165, 1.54) is 0 Å². The van der Waals surface area contributed by atoms with Crippen molar-refractivity contribution in [3.8, 4) is 0 Å². The second-order valence-corrected chi connectivity index (χ2v) is 4.79. The van der Waals surface area contributed by atoms with Crippen LogP contribution < -0.4 is 0 Å². The average molecular weight is 212 g/mol. The van der Waals surface area contributed by atoms with Gasteiger partial charge in [0, 0.05) is 27.2 Å². The quantitative estimate of drug-likeness (QED) is 0.626. The van der Waals surface area contributed by atoms with Crippen LogP contribution in [0.2, 0.25) is 0 Å². The van der Waals surface area contributed by atoms with Crippen LogP contribution in [0, 0.1) is 5.92 Å². The van der Waals surface area contributed by atoms with Gasteiger partial charge in [-0.15, -0.1) is 0 Å². The van der Waals surface area contributed by atoms with Crippen LogP contribution in [0.5, 0.6) is 0 Å². The summed E-state index contributed by atoms with van der Waals surface area (Å²) in [4.78, 5) is 15.9. The molecule has 2 atom stereocenters. The minimum Gasteiger partial charge on any atom is -0.372 e. The summed E-state index contributed by atoms with van der Waals surface area (Å²) in [5.41, 5.74) is 0. The molecule has 0 radical (unpaired) electrons. The Morgan fingerprint density at radius 1 is 1.53 bits per heavy atom. The highest BCUT2D eigenvalue weighted by atomic mass is 16.6. The van der Waals surface area contributed by atoms with E-state index < -0.39 is 0 Å². The molecule has 2 fully saturated rings. The standard InChI is InChI=1S/C11H20N2O2/c1-12(2)11(14)9-4-3-5-13(6-9)7-10-8-15-10/h9-10H,3-8H2,1-2H3. The number of piperidine rings is 1. The molecule has 2 rings (SSSR count). The topological polar surface area (TPSA) is 36.1 Å². The third-order valence-electron chi connectivity index (χ3n) is 3.16. The van der Waals surface area contributed by atoms with Gasteiger partial charge in [-0.1, -0.05) is 0 Å². The molecule has 0 spiro atoms. The molecule has 0 saturated carbocycles. The number of hydrogen-bond acceptors (Lipinski definition) is 3. The Morgan fingerprint density at radius 3 is 2.87 bits per heavy atom. The van der Waals surface area contributed by atoms with Crippen LogP contribution in [0.3, 0.4) is 0 Å². The molecule has 4 heteroatoms. The van der Waals surface area contributed by atoms with Gasteiger partial charge < -0.3 is 9.64 Å². The lowest BCUT2D eigenvalue weighted by Gasteiger charge is -2.32. The van der Waals surface area contributed by atoms with Crippen LogP contribution in [0.4, 0.5) is 0 Å². The van der Waals surface area contributed by atoms with Gasteiger partial charge in [0.1, 0.15) is 0 Å². The normalized spacial score (nSPS) is 31.3. The predicted octanol–water partition coefficient (Wildman–Crippen LogP) is 0.185. The minimum absolute atomic E-state index is 0.201. The minimum atomic E-state index is 0.201. The molecule has 0 aromatic carbocycles. The number of hydrogen-bond donors (Lipinski definition) is 0. The lowest BCUT2D eigenvalue weighted by atomic mass is 9.96. The van der Waals surface area contributed by atoms with E-state index in [-0.39, 0.29) is 11.8 Å². The highest BCUT2D eigenvalue weighted by Gasteiger charge is 2.31. The van der Waals surface area contributed by atoms with E-state index in [1.54, 1.807) is 4.90 Å². The number of amides is 1. The first-order chi connectivity index (χ1) is 7.16. The first-order valence-corrected chi connectivity index (χ1v) is 5.72. The number of nitrogens with zero attached hydrogens (tertiary/aromatic N) is 2. The average Bonchev–Trinajstić information content (AvgIpc) is 3.01. The summed E-state index contributed by atoms with van der Waals surface area (Å²) in [6, 6.07) is 0. The SMILES string of the molecule is CN(C)C(=O)C1CCCN(CC2CO2)C1. The molecule has 0 aromatic rings. The van der Waals surface area contributed by atoms with E-state index >= 15 is 0 Å². The van der Waals surface area contributed by atoms with Crippen LogP contribution in [-0.4, -0.2) is 62.1 Å². The van der Waals surface area contributed by atoms with Crippen molar-refractivity contribution in [3.05, 3.63) is 0 Å². The van der Waals surface area contributed by atoms with Crippen LogP contribution in [-0.2, 0) is 9.53 Å². The van der Waals surface area contributed by atoms with Gasteiger partial charge in [0.15, 0.2) is 0 Å². The van der Waals surface area contributed by atoms with Gasteiger partial charge in [-0.2, -0.15) is 0 Å². The third kappa shape index (κ3) is 2.92. The summed E-state index contributed by atoms with van der Waals surface area (Å²) >= 11 is 0. The summed E-state index contributed by atoms with van der Waals surface area (Å²) in [5, 5.41) is 0. The number of likely N-dealkylation sites (tertiary alicyclic amines) is 1. The van der Waals surface area contributed by atoms with Crippen LogP contribution >= 0.6 is 0 Å². The van der Waals surface area contributed by atoms with E-state index in [0.29, 0.717) is 6.10 Å². The molecule has 0 bridgehead atoms. The first-order valence-electron chi connectivity index (χ1n) is 5.72. The Balaban J connectivity index is 1.82. The van der Waals surface area contributed by atoms with Crippen LogP contribution in [0.25, 0.3) is 0 Å². The Labute approximate surface area is 91.2 Å². The summed E-state index contributed by atoms with van der Waals surface area (Å²) < 4.78 is 5.22. The zero-order valence-electron chi connectivity index (χ0n) is 9.61. The molecule has 4 nitrogen and oxygen atoms in total. The maximum absolute atomic E-state index is 11.8. The second-order valence-electron chi connectivity index (χ2n) is 4.79. The molecule has 1 amide bonds. The van der Waals surface area contributed by atoms with E-state index in [2.05, 4.69) is 4.90 Å². The summed E-state index contributed by atoms with van der Waals surface area (Å²) in [5.74, 6) is 0.476. The summed E-state index contributed by atoms with van der Waals surface area (Å²) in [7, 11) is 3.68.